The molecule has 20 heavy (non-hydrogen) atoms. The number of carbonyl (C=O) groups is 1. The first kappa shape index (κ1) is 14.6. The lowest BCUT2D eigenvalue weighted by molar-refractivity contribution is -0.124. The third-order valence-electron chi connectivity index (χ3n) is 3.70. The fourth-order valence-corrected chi connectivity index (χ4v) is 2.46. The number of rotatable bonds is 5. The van der Waals surface area contributed by atoms with E-state index in [1.54, 1.807) is 7.11 Å². The molecule has 0 saturated heterocycles. The van der Waals surface area contributed by atoms with Crippen LogP contribution in [0.2, 0.25) is 0 Å². The molecular formula is C16H22N2O2. The topological polar surface area (TPSA) is 64.4 Å². The number of methoxy groups -OCH3 is 1. The summed E-state index contributed by atoms with van der Waals surface area (Å²) < 4.78 is 5.15. The molecule has 0 saturated carbocycles. The summed E-state index contributed by atoms with van der Waals surface area (Å²) in [5, 5.41) is 3.10. The lowest BCUT2D eigenvalue weighted by Gasteiger charge is -2.20. The zero-order chi connectivity index (χ0) is 14.5. The molecule has 1 aliphatic rings. The molecule has 4 heteroatoms. The maximum Gasteiger partial charge on any atom is 0.227 e. The third-order valence-corrected chi connectivity index (χ3v) is 3.70. The highest BCUT2D eigenvalue weighted by molar-refractivity contribution is 5.81. The van der Waals surface area contributed by atoms with Gasteiger partial charge in [0.15, 0.2) is 0 Å². The van der Waals surface area contributed by atoms with Gasteiger partial charge in [-0.15, -0.1) is 0 Å². The minimum absolute atomic E-state index is 0.00631. The van der Waals surface area contributed by atoms with E-state index in [1.807, 2.05) is 36.4 Å². The summed E-state index contributed by atoms with van der Waals surface area (Å²) in [5.74, 6) is 0.772. The maximum atomic E-state index is 12.2. The van der Waals surface area contributed by atoms with Gasteiger partial charge in [0.1, 0.15) is 5.75 Å². The van der Waals surface area contributed by atoms with Gasteiger partial charge in [-0.3, -0.25) is 4.79 Å². The average molecular weight is 274 g/mol. The molecule has 0 radical (unpaired) electrons. The number of ether oxygens (including phenoxy) is 1. The molecule has 0 aromatic heterocycles. The molecule has 3 unspecified atom stereocenters. The monoisotopic (exact) mass is 274 g/mol. The Kier molecular flexibility index (Phi) is 4.79. The second kappa shape index (κ2) is 6.57. The van der Waals surface area contributed by atoms with Crippen molar-refractivity contribution in [2.24, 2.45) is 11.7 Å². The molecule has 0 fully saturated rings. The Hall–Kier alpha value is -1.81. The van der Waals surface area contributed by atoms with Crippen LogP contribution in [0.25, 0.3) is 0 Å². The van der Waals surface area contributed by atoms with Gasteiger partial charge in [0.25, 0.3) is 0 Å². The van der Waals surface area contributed by atoms with Gasteiger partial charge in [-0.1, -0.05) is 31.2 Å². The predicted octanol–water partition coefficient (Wildman–Crippen LogP) is 2.17. The van der Waals surface area contributed by atoms with E-state index < -0.39 is 0 Å². The first-order valence-electron chi connectivity index (χ1n) is 7.02. The van der Waals surface area contributed by atoms with Crippen LogP contribution >= 0.6 is 0 Å². The van der Waals surface area contributed by atoms with E-state index in [9.17, 15) is 4.79 Å². The minimum Gasteiger partial charge on any atom is -0.497 e. The summed E-state index contributed by atoms with van der Waals surface area (Å²) in [5.41, 5.74) is 6.88. The predicted molar refractivity (Wildman–Crippen MR) is 79.4 cm³/mol. The van der Waals surface area contributed by atoms with Crippen LogP contribution in [0.15, 0.2) is 36.4 Å². The smallest absolute Gasteiger partial charge is 0.227 e. The first-order valence-corrected chi connectivity index (χ1v) is 7.02. The molecule has 2 rings (SSSR count). The van der Waals surface area contributed by atoms with Gasteiger partial charge in [0.05, 0.1) is 19.1 Å². The summed E-state index contributed by atoms with van der Waals surface area (Å²) in [6, 6.07) is 7.84. The Labute approximate surface area is 120 Å². The van der Waals surface area contributed by atoms with Crippen molar-refractivity contribution in [2.75, 3.05) is 7.11 Å². The van der Waals surface area contributed by atoms with Crippen molar-refractivity contribution in [2.45, 2.75) is 31.8 Å². The average Bonchev–Trinajstić information content (AvgIpc) is 2.91. The Morgan fingerprint density at radius 2 is 2.10 bits per heavy atom. The van der Waals surface area contributed by atoms with Crippen molar-refractivity contribution in [1.29, 1.82) is 0 Å². The van der Waals surface area contributed by atoms with Crippen LogP contribution in [0.5, 0.6) is 5.75 Å². The van der Waals surface area contributed by atoms with Crippen molar-refractivity contribution in [3.8, 4) is 5.75 Å². The molecule has 108 valence electrons. The minimum atomic E-state index is -0.0997. The van der Waals surface area contributed by atoms with Crippen LogP contribution < -0.4 is 15.8 Å². The second-order valence-corrected chi connectivity index (χ2v) is 5.13. The Bertz CT molecular complexity index is 482. The number of amides is 1. The van der Waals surface area contributed by atoms with Gasteiger partial charge >= 0.3 is 0 Å². The summed E-state index contributed by atoms with van der Waals surface area (Å²) >= 11 is 0. The zero-order valence-corrected chi connectivity index (χ0v) is 12.0. The fraction of sp³-hybridized carbons (Fsp3) is 0.438. The van der Waals surface area contributed by atoms with Crippen molar-refractivity contribution in [3.05, 3.63) is 42.0 Å². The van der Waals surface area contributed by atoms with E-state index in [2.05, 4.69) is 12.2 Å². The number of hydrogen-bond donors (Lipinski definition) is 2. The number of benzene rings is 1. The second-order valence-electron chi connectivity index (χ2n) is 5.13. The number of nitrogens with one attached hydrogen (secondary N) is 1. The van der Waals surface area contributed by atoms with Crippen molar-refractivity contribution in [1.82, 2.24) is 5.32 Å². The van der Waals surface area contributed by atoms with Crippen molar-refractivity contribution >= 4 is 5.91 Å². The van der Waals surface area contributed by atoms with Crippen LogP contribution in [0.1, 0.15) is 31.4 Å². The molecule has 1 aromatic carbocycles. The number of hydrogen-bond acceptors (Lipinski definition) is 3. The Balaban J connectivity index is 2.01. The standard InChI is InChI=1S/C16H22N2O2/c1-3-15(11-5-8-14(20-2)9-6-11)18-16(19)12-4-7-13(17)10-12/h4-9,12-13,15H,3,10,17H2,1-2H3,(H,18,19). The molecule has 0 heterocycles. The molecule has 1 aromatic rings. The molecule has 0 aliphatic heterocycles. The number of carbonyl (C=O) groups excluding carboxylic acids is 1. The van der Waals surface area contributed by atoms with E-state index in [-0.39, 0.29) is 23.9 Å². The van der Waals surface area contributed by atoms with Gasteiger partial charge in [-0.05, 0) is 30.5 Å². The van der Waals surface area contributed by atoms with E-state index in [0.717, 1.165) is 17.7 Å². The molecule has 1 aliphatic carbocycles. The summed E-state index contributed by atoms with van der Waals surface area (Å²) in [6.07, 6.45) is 5.35. The normalized spacial score (nSPS) is 22.6. The molecule has 3 N–H and O–H groups in total. The molecular weight excluding hydrogens is 252 g/mol. The van der Waals surface area contributed by atoms with Crippen molar-refractivity contribution in [3.63, 3.8) is 0 Å². The van der Waals surface area contributed by atoms with Gasteiger partial charge in [0, 0.05) is 6.04 Å². The summed E-state index contributed by atoms with van der Waals surface area (Å²) in [6.45, 7) is 2.06. The van der Waals surface area contributed by atoms with E-state index in [4.69, 9.17) is 10.5 Å². The molecule has 3 atom stereocenters. The summed E-state index contributed by atoms with van der Waals surface area (Å²) in [7, 11) is 1.64. The van der Waals surface area contributed by atoms with Crippen LogP contribution in [-0.2, 0) is 4.79 Å². The zero-order valence-electron chi connectivity index (χ0n) is 12.0. The molecule has 0 spiro atoms. The Morgan fingerprint density at radius 3 is 2.60 bits per heavy atom. The Morgan fingerprint density at radius 1 is 1.40 bits per heavy atom. The lowest BCUT2D eigenvalue weighted by atomic mass is 10.0. The molecule has 1 amide bonds. The quantitative estimate of drug-likeness (QED) is 0.809. The van der Waals surface area contributed by atoms with E-state index in [1.165, 1.54) is 0 Å². The maximum absolute atomic E-state index is 12.2. The fourth-order valence-electron chi connectivity index (χ4n) is 2.46. The van der Waals surface area contributed by atoms with Crippen LogP contribution in [0, 0.1) is 5.92 Å². The van der Waals surface area contributed by atoms with Crippen LogP contribution in [0.3, 0.4) is 0 Å². The number of nitrogens with two attached hydrogens (primary N) is 1. The highest BCUT2D eigenvalue weighted by atomic mass is 16.5. The van der Waals surface area contributed by atoms with Crippen LogP contribution in [0.4, 0.5) is 0 Å². The SMILES string of the molecule is CCC(NC(=O)C1C=CC(N)C1)c1ccc(OC)cc1. The first-order chi connectivity index (χ1) is 9.63. The van der Waals surface area contributed by atoms with Gasteiger partial charge in [-0.25, -0.2) is 0 Å². The van der Waals surface area contributed by atoms with Gasteiger partial charge in [0.2, 0.25) is 5.91 Å². The van der Waals surface area contributed by atoms with E-state index in [0.29, 0.717) is 6.42 Å². The van der Waals surface area contributed by atoms with Gasteiger partial charge < -0.3 is 15.8 Å². The van der Waals surface area contributed by atoms with Crippen molar-refractivity contribution < 1.29 is 9.53 Å². The highest BCUT2D eigenvalue weighted by Crippen LogP contribution is 2.22. The lowest BCUT2D eigenvalue weighted by Crippen LogP contribution is -2.33. The van der Waals surface area contributed by atoms with Gasteiger partial charge in [-0.2, -0.15) is 0 Å². The molecule has 0 bridgehead atoms. The summed E-state index contributed by atoms with van der Waals surface area (Å²) in [4.78, 5) is 12.2. The highest BCUT2D eigenvalue weighted by Gasteiger charge is 2.24. The largest absolute Gasteiger partial charge is 0.497 e. The molecule has 4 nitrogen and oxygen atoms in total. The van der Waals surface area contributed by atoms with E-state index >= 15 is 0 Å². The third kappa shape index (κ3) is 3.39. The van der Waals surface area contributed by atoms with Crippen LogP contribution in [-0.4, -0.2) is 19.1 Å².